The average molecular weight is 611 g/mol. The molecule has 2 N–H and O–H groups in total. The second-order valence-electron chi connectivity index (χ2n) is 12.9. The van der Waals surface area contributed by atoms with Crippen LogP contribution in [0.15, 0.2) is 30.6 Å². The average Bonchev–Trinajstić information content (AvgIpc) is 3.27. The number of rotatable bonds is 3. The third-order valence-corrected chi connectivity index (χ3v) is 9.80. The van der Waals surface area contributed by atoms with Gasteiger partial charge in [-0.1, -0.05) is 12.8 Å². The second-order valence-corrected chi connectivity index (χ2v) is 12.9. The number of aryl methyl sites for hydroxylation is 2. The van der Waals surface area contributed by atoms with Gasteiger partial charge in [-0.25, -0.2) is 9.50 Å². The lowest BCUT2D eigenvalue weighted by molar-refractivity contribution is -0.140. The van der Waals surface area contributed by atoms with Gasteiger partial charge in [0.05, 0.1) is 11.2 Å². The lowest BCUT2D eigenvalue weighted by Crippen LogP contribution is -2.48. The van der Waals surface area contributed by atoms with Crippen molar-refractivity contribution in [2.45, 2.75) is 83.8 Å². The maximum atomic E-state index is 14.1. The van der Waals surface area contributed by atoms with Crippen LogP contribution in [0.25, 0.3) is 27.7 Å². The van der Waals surface area contributed by atoms with Crippen LogP contribution in [-0.2, 0) is 27.3 Å². The van der Waals surface area contributed by atoms with Gasteiger partial charge in [0.2, 0.25) is 17.7 Å². The number of Topliss-reactive ketones (excluding diaryl/α,β-unsaturated/α-hetero) is 1. The molecule has 0 spiro atoms. The van der Waals surface area contributed by atoms with Gasteiger partial charge in [0.25, 0.3) is 0 Å². The predicted octanol–water partition coefficient (Wildman–Crippen LogP) is 2.99. The van der Waals surface area contributed by atoms with Crippen LogP contribution in [0.3, 0.4) is 0 Å². The van der Waals surface area contributed by atoms with E-state index in [-0.39, 0.29) is 41.5 Å². The maximum absolute atomic E-state index is 14.1. The summed E-state index contributed by atoms with van der Waals surface area (Å²) in [4.78, 5) is 59.0. The number of benzene rings is 1. The number of carbonyl (C=O) groups is 4. The number of aromatic nitrogens is 5. The summed E-state index contributed by atoms with van der Waals surface area (Å²) in [7, 11) is 1.58. The molecule has 0 unspecified atom stereocenters. The Morgan fingerprint density at radius 1 is 1.02 bits per heavy atom. The molecule has 2 bridgehead atoms. The molecule has 7 rings (SSSR count). The molecule has 3 aromatic heterocycles. The minimum atomic E-state index is -0.620. The molecule has 3 atom stereocenters. The summed E-state index contributed by atoms with van der Waals surface area (Å²) in [5, 5.41) is 15.7. The summed E-state index contributed by atoms with van der Waals surface area (Å²) in [5.74, 6) is -0.602. The molecular formula is C33H38N8O4. The van der Waals surface area contributed by atoms with Gasteiger partial charge in [0, 0.05) is 67.8 Å². The summed E-state index contributed by atoms with van der Waals surface area (Å²) in [6.45, 7) is 3.78. The molecule has 12 nitrogen and oxygen atoms in total. The first-order valence-electron chi connectivity index (χ1n) is 15.8. The number of amides is 3. The minimum Gasteiger partial charge on any atom is -0.357 e. The molecule has 2 aliphatic heterocycles. The Kier molecular flexibility index (Phi) is 7.17. The Morgan fingerprint density at radius 3 is 2.60 bits per heavy atom. The van der Waals surface area contributed by atoms with Crippen molar-refractivity contribution in [2.75, 3.05) is 13.6 Å². The lowest BCUT2D eigenvalue weighted by Gasteiger charge is -2.26. The number of likely N-dealkylation sites (N-methyl/N-ethyl adjacent to an activating group) is 1. The topological polar surface area (TPSA) is 144 Å². The van der Waals surface area contributed by atoms with Gasteiger partial charge in [0.1, 0.15) is 18.3 Å². The smallest absolute Gasteiger partial charge is 0.245 e. The van der Waals surface area contributed by atoms with E-state index in [2.05, 4.69) is 26.8 Å². The zero-order valence-electron chi connectivity index (χ0n) is 25.9. The molecule has 5 heterocycles. The van der Waals surface area contributed by atoms with Crippen LogP contribution in [-0.4, -0.2) is 78.5 Å². The number of nitrogens with zero attached hydrogens (tertiary/aromatic N) is 6. The molecule has 2 fully saturated rings. The van der Waals surface area contributed by atoms with E-state index in [0.29, 0.717) is 36.9 Å². The van der Waals surface area contributed by atoms with E-state index in [4.69, 9.17) is 5.10 Å². The SMILES string of the molecule is CNC(=O)[C@@H]1C[C@]23CNC(=O)CCCCCCc4cc(-c5cnc6cc(C)nn6c5)cc5c(C(C)=O)nn(c45)CC(=O)N1[C@@H]2C3. The van der Waals surface area contributed by atoms with Crippen LogP contribution < -0.4 is 10.6 Å². The number of fused-ring (bicyclic) bond motifs is 1. The van der Waals surface area contributed by atoms with Gasteiger partial charge in [-0.15, -0.1) is 0 Å². The van der Waals surface area contributed by atoms with E-state index in [1.165, 1.54) is 6.92 Å². The fraction of sp³-hybridized carbons (Fsp3) is 0.485. The second kappa shape index (κ2) is 11.1. The molecule has 1 aliphatic carbocycles. The normalized spacial score (nSPS) is 23.9. The number of hydrogen-bond acceptors (Lipinski definition) is 7. The van der Waals surface area contributed by atoms with Crippen molar-refractivity contribution < 1.29 is 19.2 Å². The summed E-state index contributed by atoms with van der Waals surface area (Å²) in [6, 6.07) is 5.23. The van der Waals surface area contributed by atoms with Crippen molar-refractivity contribution in [3.05, 3.63) is 47.5 Å². The molecule has 0 radical (unpaired) electrons. The van der Waals surface area contributed by atoms with Crippen LogP contribution in [0.5, 0.6) is 0 Å². The molecule has 234 valence electrons. The Labute approximate surface area is 260 Å². The predicted molar refractivity (Wildman–Crippen MR) is 166 cm³/mol. The first-order chi connectivity index (χ1) is 21.7. The fourth-order valence-electron chi connectivity index (χ4n) is 7.44. The number of carbonyl (C=O) groups excluding carboxylic acids is 4. The van der Waals surface area contributed by atoms with Crippen LogP contribution in [0.2, 0.25) is 0 Å². The minimum absolute atomic E-state index is 0.0184. The van der Waals surface area contributed by atoms with Crippen molar-refractivity contribution in [3.8, 4) is 11.1 Å². The van der Waals surface area contributed by atoms with Crippen molar-refractivity contribution in [3.63, 3.8) is 0 Å². The van der Waals surface area contributed by atoms with Gasteiger partial charge in [-0.2, -0.15) is 10.2 Å². The molecule has 1 saturated carbocycles. The lowest BCUT2D eigenvalue weighted by atomic mass is 9.96. The fourth-order valence-corrected chi connectivity index (χ4v) is 7.44. The van der Waals surface area contributed by atoms with Crippen LogP contribution in [0, 0.1) is 12.3 Å². The molecule has 1 aromatic carbocycles. The Balaban J connectivity index is 1.33. The summed E-state index contributed by atoms with van der Waals surface area (Å²) in [6.07, 6.45) is 9.70. The van der Waals surface area contributed by atoms with E-state index < -0.39 is 6.04 Å². The zero-order chi connectivity index (χ0) is 31.5. The van der Waals surface area contributed by atoms with Crippen molar-refractivity contribution in [1.82, 2.24) is 39.9 Å². The Hall–Kier alpha value is -4.61. The molecule has 3 amide bonds. The molecule has 1 saturated heterocycles. The number of nitrogens with one attached hydrogen (secondary N) is 2. The van der Waals surface area contributed by atoms with E-state index in [1.54, 1.807) is 21.1 Å². The number of piperidine rings is 1. The van der Waals surface area contributed by atoms with Crippen LogP contribution >= 0.6 is 0 Å². The monoisotopic (exact) mass is 610 g/mol. The van der Waals surface area contributed by atoms with E-state index in [0.717, 1.165) is 65.7 Å². The van der Waals surface area contributed by atoms with Crippen LogP contribution in [0.1, 0.15) is 73.6 Å². The highest BCUT2D eigenvalue weighted by molar-refractivity contribution is 6.07. The molecule has 3 aliphatic rings. The first kappa shape index (κ1) is 29.1. The van der Waals surface area contributed by atoms with E-state index in [1.807, 2.05) is 31.5 Å². The van der Waals surface area contributed by atoms with Gasteiger partial charge in [-0.3, -0.25) is 23.9 Å². The van der Waals surface area contributed by atoms with Gasteiger partial charge >= 0.3 is 0 Å². The van der Waals surface area contributed by atoms with Gasteiger partial charge in [-0.05, 0) is 62.3 Å². The molecular weight excluding hydrogens is 572 g/mol. The maximum Gasteiger partial charge on any atom is 0.245 e. The van der Waals surface area contributed by atoms with Crippen molar-refractivity contribution in [2.24, 2.45) is 5.41 Å². The zero-order valence-corrected chi connectivity index (χ0v) is 25.9. The summed E-state index contributed by atoms with van der Waals surface area (Å²) in [5.41, 5.74) is 5.13. The van der Waals surface area contributed by atoms with E-state index >= 15 is 0 Å². The highest BCUT2D eigenvalue weighted by atomic mass is 16.2. The first-order valence-corrected chi connectivity index (χ1v) is 15.8. The van der Waals surface area contributed by atoms with Gasteiger partial charge in [0.15, 0.2) is 11.4 Å². The highest BCUT2D eigenvalue weighted by Gasteiger charge is 2.67. The van der Waals surface area contributed by atoms with Crippen molar-refractivity contribution >= 4 is 40.1 Å². The number of ketones is 1. The Morgan fingerprint density at radius 2 is 1.82 bits per heavy atom. The van der Waals surface area contributed by atoms with Crippen molar-refractivity contribution in [1.29, 1.82) is 0 Å². The third-order valence-electron chi connectivity index (χ3n) is 9.80. The largest absolute Gasteiger partial charge is 0.357 e. The van der Waals surface area contributed by atoms with Gasteiger partial charge < -0.3 is 15.5 Å². The quantitative estimate of drug-likeness (QED) is 0.340. The third kappa shape index (κ3) is 5.15. The number of hydrogen-bond donors (Lipinski definition) is 2. The summed E-state index contributed by atoms with van der Waals surface area (Å²) >= 11 is 0. The Bertz CT molecular complexity index is 1880. The molecule has 45 heavy (non-hydrogen) atoms. The highest BCUT2D eigenvalue weighted by Crippen LogP contribution is 2.59. The summed E-state index contributed by atoms with van der Waals surface area (Å²) < 4.78 is 3.41. The standard InChI is InChI=1S/C33H38N8O4/c1-19-10-27-35-15-23(16-39(27)37-19)22-11-21-8-6-4-5-7-9-28(43)36-18-33-13-25(32(45)34-3)41(26(33)14-33)29(44)17-40-31(21)24(12-22)30(38-40)20(2)42/h10-12,15-16,25-26H,4-9,13-14,17-18H2,1-3H3,(H,34,45)(H,36,43)/t25-,26+,33-/m0/s1. The van der Waals surface area contributed by atoms with E-state index in [9.17, 15) is 19.2 Å². The molecule has 12 heteroatoms. The molecule has 4 aromatic rings. The van der Waals surface area contributed by atoms with Crippen LogP contribution in [0.4, 0.5) is 0 Å².